The van der Waals surface area contributed by atoms with Crippen molar-refractivity contribution in [3.05, 3.63) is 65.5 Å². The van der Waals surface area contributed by atoms with E-state index in [0.29, 0.717) is 6.42 Å². The molecule has 2 aromatic rings. The maximum Gasteiger partial charge on any atom is 0.220 e. The summed E-state index contributed by atoms with van der Waals surface area (Å²) >= 11 is 0. The minimum absolute atomic E-state index is 0.0272. The molecule has 1 aromatic heterocycles. The molecule has 0 saturated carbocycles. The highest BCUT2D eigenvalue weighted by Crippen LogP contribution is 2.24. The smallest absolute Gasteiger partial charge is 0.220 e. The van der Waals surface area contributed by atoms with Crippen LogP contribution in [0.3, 0.4) is 0 Å². The second kappa shape index (κ2) is 6.71. The third-order valence-corrected chi connectivity index (χ3v) is 4.23. The van der Waals surface area contributed by atoms with Gasteiger partial charge in [-0.15, -0.1) is 0 Å². The van der Waals surface area contributed by atoms with Crippen LogP contribution in [0, 0.1) is 6.92 Å². The number of hydrogen-bond acceptors (Lipinski definition) is 3. The number of carbonyl (C=O) groups is 1. The first-order valence-electron chi connectivity index (χ1n) is 7.72. The summed E-state index contributed by atoms with van der Waals surface area (Å²) in [6, 6.07) is 14.5. The zero-order valence-corrected chi connectivity index (χ0v) is 12.8. The van der Waals surface area contributed by atoms with E-state index in [9.17, 15) is 4.79 Å². The summed E-state index contributed by atoms with van der Waals surface area (Å²) in [6.07, 6.45) is 3.24. The third-order valence-electron chi connectivity index (χ3n) is 4.23. The van der Waals surface area contributed by atoms with Gasteiger partial charge in [0.2, 0.25) is 5.91 Å². The topological polar surface area (TPSA) is 54.0 Å². The highest BCUT2D eigenvalue weighted by Gasteiger charge is 2.29. The first-order valence-corrected chi connectivity index (χ1v) is 7.72. The van der Waals surface area contributed by atoms with E-state index in [1.165, 1.54) is 5.56 Å². The molecule has 0 aliphatic carbocycles. The molecular formula is C18H21N3O. The summed E-state index contributed by atoms with van der Waals surface area (Å²) in [5, 5.41) is 6.71. The molecule has 4 heteroatoms. The maximum atomic E-state index is 11.8. The number of amides is 1. The van der Waals surface area contributed by atoms with Crippen molar-refractivity contribution in [2.45, 2.75) is 38.4 Å². The van der Waals surface area contributed by atoms with Gasteiger partial charge in [0.25, 0.3) is 0 Å². The van der Waals surface area contributed by atoms with E-state index in [0.717, 1.165) is 24.2 Å². The predicted octanol–water partition coefficient (Wildman–Crippen LogP) is 2.50. The maximum absolute atomic E-state index is 11.8. The lowest BCUT2D eigenvalue weighted by atomic mass is 9.92. The molecule has 2 heterocycles. The van der Waals surface area contributed by atoms with Crippen LogP contribution in [-0.4, -0.2) is 16.9 Å². The average Bonchev–Trinajstić information content (AvgIpc) is 2.56. The van der Waals surface area contributed by atoms with E-state index in [1.54, 1.807) is 0 Å². The van der Waals surface area contributed by atoms with Crippen molar-refractivity contribution < 1.29 is 4.79 Å². The molecule has 1 amide bonds. The Morgan fingerprint density at radius 3 is 2.82 bits per heavy atom. The van der Waals surface area contributed by atoms with Gasteiger partial charge in [-0.2, -0.15) is 0 Å². The van der Waals surface area contributed by atoms with Gasteiger partial charge in [0.15, 0.2) is 0 Å². The molecule has 4 nitrogen and oxygen atoms in total. The van der Waals surface area contributed by atoms with Crippen molar-refractivity contribution >= 4 is 5.91 Å². The molecule has 0 spiro atoms. The molecule has 1 aromatic carbocycles. The van der Waals surface area contributed by atoms with Crippen molar-refractivity contribution in [1.82, 2.24) is 15.6 Å². The second-order valence-electron chi connectivity index (χ2n) is 5.73. The van der Waals surface area contributed by atoms with Gasteiger partial charge in [-0.1, -0.05) is 36.4 Å². The molecule has 114 valence electrons. The number of pyridine rings is 1. The summed E-state index contributed by atoms with van der Waals surface area (Å²) < 4.78 is 0. The van der Waals surface area contributed by atoms with Gasteiger partial charge in [-0.05, 0) is 30.5 Å². The Kier molecular flexibility index (Phi) is 4.49. The van der Waals surface area contributed by atoms with Crippen LogP contribution in [-0.2, 0) is 11.3 Å². The summed E-state index contributed by atoms with van der Waals surface area (Å²) in [4.78, 5) is 16.1. The van der Waals surface area contributed by atoms with Gasteiger partial charge in [-0.3, -0.25) is 9.78 Å². The molecule has 22 heavy (non-hydrogen) atoms. The number of benzene rings is 1. The van der Waals surface area contributed by atoms with Gasteiger partial charge in [0, 0.05) is 30.9 Å². The molecule has 0 bridgehead atoms. The number of aromatic nitrogens is 1. The molecule has 3 rings (SSSR count). The van der Waals surface area contributed by atoms with E-state index >= 15 is 0 Å². The lowest BCUT2D eigenvalue weighted by molar-refractivity contribution is -0.123. The summed E-state index contributed by atoms with van der Waals surface area (Å²) in [5.41, 5.74) is 3.40. The van der Waals surface area contributed by atoms with Crippen LogP contribution in [0.1, 0.15) is 35.7 Å². The monoisotopic (exact) mass is 295 g/mol. The van der Waals surface area contributed by atoms with Crippen LogP contribution in [0.4, 0.5) is 0 Å². The Hall–Kier alpha value is -2.20. The normalized spacial score (nSPS) is 21.4. The Balaban J connectivity index is 1.73. The molecule has 2 atom stereocenters. The Morgan fingerprint density at radius 1 is 1.23 bits per heavy atom. The van der Waals surface area contributed by atoms with E-state index in [-0.39, 0.29) is 18.0 Å². The summed E-state index contributed by atoms with van der Waals surface area (Å²) in [5.74, 6) is 0.129. The zero-order valence-electron chi connectivity index (χ0n) is 12.8. The molecule has 1 saturated heterocycles. The molecule has 1 fully saturated rings. The number of rotatable bonds is 4. The first-order chi connectivity index (χ1) is 10.7. The third kappa shape index (κ3) is 3.34. The van der Waals surface area contributed by atoms with Gasteiger partial charge >= 0.3 is 0 Å². The van der Waals surface area contributed by atoms with Crippen molar-refractivity contribution in [2.75, 3.05) is 0 Å². The van der Waals surface area contributed by atoms with E-state index in [2.05, 4.69) is 33.8 Å². The minimum atomic E-state index is 0.0272. The number of carbonyl (C=O) groups excluding carboxylic acids is 1. The molecule has 0 radical (unpaired) electrons. The number of nitrogens with one attached hydrogen (secondary N) is 2. The Bertz CT molecular complexity index is 642. The Labute approximate surface area is 131 Å². The number of hydrogen-bond donors (Lipinski definition) is 2. The van der Waals surface area contributed by atoms with E-state index in [1.807, 2.05) is 37.4 Å². The van der Waals surface area contributed by atoms with Gasteiger partial charge < -0.3 is 10.6 Å². The van der Waals surface area contributed by atoms with E-state index in [4.69, 9.17) is 0 Å². The predicted molar refractivity (Wildman–Crippen MR) is 86.2 cm³/mol. The second-order valence-corrected chi connectivity index (χ2v) is 5.73. The highest BCUT2D eigenvalue weighted by atomic mass is 16.1. The number of aryl methyl sites for hydroxylation is 1. The van der Waals surface area contributed by atoms with Crippen LogP contribution >= 0.6 is 0 Å². The fourth-order valence-corrected chi connectivity index (χ4v) is 2.94. The molecule has 1 aliphatic rings. The van der Waals surface area contributed by atoms with Crippen LogP contribution < -0.4 is 10.6 Å². The van der Waals surface area contributed by atoms with Crippen molar-refractivity contribution in [3.63, 3.8) is 0 Å². The first kappa shape index (κ1) is 14.7. The van der Waals surface area contributed by atoms with Crippen molar-refractivity contribution in [2.24, 2.45) is 0 Å². The fraction of sp³-hybridized carbons (Fsp3) is 0.333. The standard InChI is InChI=1S/C18H21N3O/c1-13-15(8-5-11-19-13)12-20-16-9-10-17(22)21-18(16)14-6-3-2-4-7-14/h2-8,11,16,18,20H,9-10,12H2,1H3,(H,21,22)/t16-,18+/m1/s1. The quantitative estimate of drug-likeness (QED) is 0.911. The van der Waals surface area contributed by atoms with Crippen LogP contribution in [0.25, 0.3) is 0 Å². The largest absolute Gasteiger partial charge is 0.348 e. The molecule has 0 unspecified atom stereocenters. The van der Waals surface area contributed by atoms with Crippen LogP contribution in [0.5, 0.6) is 0 Å². The van der Waals surface area contributed by atoms with Gasteiger partial charge in [0.1, 0.15) is 0 Å². The highest BCUT2D eigenvalue weighted by molar-refractivity contribution is 5.77. The molecule has 1 aliphatic heterocycles. The van der Waals surface area contributed by atoms with Gasteiger partial charge in [0.05, 0.1) is 6.04 Å². The molecule has 2 N–H and O–H groups in total. The fourth-order valence-electron chi connectivity index (χ4n) is 2.94. The average molecular weight is 295 g/mol. The van der Waals surface area contributed by atoms with Crippen molar-refractivity contribution in [3.8, 4) is 0 Å². The lowest BCUT2D eigenvalue weighted by Gasteiger charge is -2.33. The SMILES string of the molecule is Cc1ncccc1CN[C@@H]1CCC(=O)N[C@H]1c1ccccc1. The minimum Gasteiger partial charge on any atom is -0.348 e. The lowest BCUT2D eigenvalue weighted by Crippen LogP contribution is -2.48. The van der Waals surface area contributed by atoms with Gasteiger partial charge in [-0.25, -0.2) is 0 Å². The number of piperidine rings is 1. The Morgan fingerprint density at radius 2 is 2.05 bits per heavy atom. The van der Waals surface area contributed by atoms with E-state index < -0.39 is 0 Å². The summed E-state index contributed by atoms with van der Waals surface area (Å²) in [7, 11) is 0. The van der Waals surface area contributed by atoms with Crippen LogP contribution in [0.2, 0.25) is 0 Å². The zero-order chi connectivity index (χ0) is 15.4. The van der Waals surface area contributed by atoms with Crippen molar-refractivity contribution in [1.29, 1.82) is 0 Å². The molecular weight excluding hydrogens is 274 g/mol. The number of nitrogens with zero attached hydrogens (tertiary/aromatic N) is 1. The van der Waals surface area contributed by atoms with Crippen LogP contribution in [0.15, 0.2) is 48.7 Å². The summed E-state index contributed by atoms with van der Waals surface area (Å²) in [6.45, 7) is 2.79.